The van der Waals surface area contributed by atoms with Gasteiger partial charge in [0, 0.05) is 73.0 Å². The molecule has 0 unspecified atom stereocenters. The van der Waals surface area contributed by atoms with E-state index in [1.54, 1.807) is 56.7 Å². The number of isothiocyanates is 1. The van der Waals surface area contributed by atoms with Crippen molar-refractivity contribution in [2.24, 2.45) is 4.99 Å². The van der Waals surface area contributed by atoms with Gasteiger partial charge in [-0.15, -0.1) is 0 Å². The lowest BCUT2D eigenvalue weighted by Crippen LogP contribution is -2.48. The molecule has 5 aromatic rings. The zero-order valence-corrected chi connectivity index (χ0v) is 43.8. The smallest absolute Gasteiger partial charge is 0.410 e. The SMILES string of the molecule is CCN(C(=O)OC(C)(C)C)C1CCN(c2ccc(N=C=S)cc2)CC1.CCNC1CCN(c2ccc(Nc3nc(N)c(C(=O)c4cccc(OC)c4)s3)cc2)CC1.COc1cccc(C(=O)CBr)c1. The number of amides is 1. The monoisotopic (exact) mass is 1040 g/mol. The Bertz CT molecular complexity index is 2480. The van der Waals surface area contributed by atoms with E-state index in [9.17, 15) is 14.4 Å². The van der Waals surface area contributed by atoms with Gasteiger partial charge in [-0.25, -0.2) is 9.78 Å². The highest BCUT2D eigenvalue weighted by Crippen LogP contribution is 2.32. The third-order valence-corrected chi connectivity index (χ3v) is 13.0. The Balaban J connectivity index is 0.000000213. The summed E-state index contributed by atoms with van der Waals surface area (Å²) in [6, 6.07) is 31.3. The largest absolute Gasteiger partial charge is 0.497 e. The Morgan fingerprint density at radius 2 is 1.41 bits per heavy atom. The Kier molecular flexibility index (Phi) is 21.0. The molecule has 7 rings (SSSR count). The number of nitrogens with zero attached hydrogens (tertiary/aromatic N) is 5. The molecule has 0 radical (unpaired) electrons. The lowest BCUT2D eigenvalue weighted by atomic mass is 10.0. The summed E-state index contributed by atoms with van der Waals surface area (Å²) < 4.78 is 15.7. The van der Waals surface area contributed by atoms with Crippen LogP contribution in [0.5, 0.6) is 11.5 Å². The molecule has 1 amide bonds. The Morgan fingerprint density at radius 3 is 1.93 bits per heavy atom. The van der Waals surface area contributed by atoms with Crippen LogP contribution in [-0.2, 0) is 4.74 Å². The molecule has 2 aliphatic heterocycles. The van der Waals surface area contributed by atoms with Crippen molar-refractivity contribution in [2.45, 2.75) is 78.0 Å². The summed E-state index contributed by atoms with van der Waals surface area (Å²) in [5.41, 5.74) is 10.9. The Morgan fingerprint density at radius 1 is 0.855 bits per heavy atom. The van der Waals surface area contributed by atoms with Gasteiger partial charge in [0.2, 0.25) is 5.78 Å². The summed E-state index contributed by atoms with van der Waals surface area (Å²) in [5, 5.41) is 10.1. The van der Waals surface area contributed by atoms with Crippen molar-refractivity contribution in [1.29, 1.82) is 0 Å². The van der Waals surface area contributed by atoms with E-state index in [0.29, 0.717) is 50.6 Å². The summed E-state index contributed by atoms with van der Waals surface area (Å²) in [4.78, 5) is 51.8. The van der Waals surface area contributed by atoms with Crippen molar-refractivity contribution in [1.82, 2.24) is 15.2 Å². The normalized spacial score (nSPS) is 13.9. The molecule has 0 bridgehead atoms. The van der Waals surface area contributed by atoms with E-state index in [1.807, 2.05) is 62.9 Å². The minimum atomic E-state index is -0.460. The molecule has 2 saturated heterocycles. The van der Waals surface area contributed by atoms with Gasteiger partial charge in [0.25, 0.3) is 0 Å². The number of carbonyl (C=O) groups excluding carboxylic acids is 3. The molecule has 1 aromatic heterocycles. The number of hydrogen-bond donors (Lipinski definition) is 3. The topological polar surface area (TPSA) is 164 Å². The number of benzene rings is 4. The number of carbonyl (C=O) groups is 3. The van der Waals surface area contributed by atoms with Crippen molar-refractivity contribution < 1.29 is 28.6 Å². The molecule has 14 nitrogen and oxygen atoms in total. The van der Waals surface area contributed by atoms with Crippen LogP contribution in [0.4, 0.5) is 38.5 Å². The molecule has 0 spiro atoms. The zero-order chi connectivity index (χ0) is 49.9. The van der Waals surface area contributed by atoms with Crippen LogP contribution in [0.3, 0.4) is 0 Å². The lowest BCUT2D eigenvalue weighted by molar-refractivity contribution is 0.0149. The van der Waals surface area contributed by atoms with Gasteiger partial charge in [-0.2, -0.15) is 4.99 Å². The van der Waals surface area contributed by atoms with Crippen LogP contribution in [0.2, 0.25) is 0 Å². The maximum atomic E-state index is 12.9. The average Bonchev–Trinajstić information content (AvgIpc) is 3.73. The van der Waals surface area contributed by atoms with Crippen LogP contribution < -0.4 is 35.6 Å². The maximum Gasteiger partial charge on any atom is 0.410 e. The molecule has 0 saturated carbocycles. The van der Waals surface area contributed by atoms with Gasteiger partial charge < -0.3 is 45.3 Å². The van der Waals surface area contributed by atoms with Gasteiger partial charge in [0.1, 0.15) is 27.8 Å². The van der Waals surface area contributed by atoms with Gasteiger partial charge in [-0.1, -0.05) is 58.5 Å². The molecule has 3 heterocycles. The molecule has 0 atom stereocenters. The van der Waals surface area contributed by atoms with Gasteiger partial charge >= 0.3 is 6.09 Å². The van der Waals surface area contributed by atoms with Crippen LogP contribution >= 0.6 is 39.5 Å². The van der Waals surface area contributed by atoms with Gasteiger partial charge in [0.15, 0.2) is 10.9 Å². The van der Waals surface area contributed by atoms with Gasteiger partial charge in [0.05, 0.1) is 30.4 Å². The molecule has 2 fully saturated rings. The highest BCUT2D eigenvalue weighted by Gasteiger charge is 2.30. The minimum absolute atomic E-state index is 0.0638. The number of rotatable bonds is 15. The van der Waals surface area contributed by atoms with Crippen molar-refractivity contribution in [3.05, 3.63) is 113 Å². The fourth-order valence-electron chi connectivity index (χ4n) is 7.91. The van der Waals surface area contributed by atoms with E-state index in [-0.39, 0.29) is 29.5 Å². The number of alkyl halides is 1. The number of nitrogens with one attached hydrogen (secondary N) is 2. The van der Waals surface area contributed by atoms with Crippen molar-refractivity contribution >= 4 is 96.0 Å². The second-order valence-corrected chi connectivity index (χ2v) is 19.0. The summed E-state index contributed by atoms with van der Waals surface area (Å²) in [6.07, 6.45) is 3.99. The number of anilines is 5. The highest BCUT2D eigenvalue weighted by atomic mass is 79.9. The van der Waals surface area contributed by atoms with Crippen molar-refractivity contribution in [2.75, 3.05) is 79.7 Å². The van der Waals surface area contributed by atoms with Crippen molar-refractivity contribution in [3.63, 3.8) is 0 Å². The number of nitrogen functional groups attached to an aromatic ring is 1. The molecule has 368 valence electrons. The lowest BCUT2D eigenvalue weighted by Gasteiger charge is -2.39. The molecule has 4 aromatic carbocycles. The number of aliphatic imine (C=N–C) groups is 1. The predicted molar refractivity (Wildman–Crippen MR) is 288 cm³/mol. The Labute approximate surface area is 424 Å². The average molecular weight is 1040 g/mol. The number of Topliss-reactive ketones (excluding diaryl/α,β-unsaturated/α-hetero) is 1. The number of halogens is 1. The zero-order valence-electron chi connectivity index (χ0n) is 40.6. The summed E-state index contributed by atoms with van der Waals surface area (Å²) in [5.74, 6) is 1.47. The van der Waals surface area contributed by atoms with Crippen LogP contribution in [0.1, 0.15) is 85.9 Å². The quantitative estimate of drug-likeness (QED) is 0.0393. The van der Waals surface area contributed by atoms with Crippen molar-refractivity contribution in [3.8, 4) is 11.5 Å². The van der Waals surface area contributed by atoms with Crippen LogP contribution in [-0.4, -0.2) is 109 Å². The van der Waals surface area contributed by atoms with E-state index in [0.717, 1.165) is 69.8 Å². The minimum Gasteiger partial charge on any atom is -0.497 e. The van der Waals surface area contributed by atoms with E-state index >= 15 is 0 Å². The van der Waals surface area contributed by atoms with E-state index in [1.165, 1.54) is 22.7 Å². The fourth-order valence-corrected chi connectivity index (χ4v) is 9.21. The van der Waals surface area contributed by atoms with E-state index in [2.05, 4.69) is 94.9 Å². The third-order valence-electron chi connectivity index (χ3n) is 11.4. The molecular formula is C52H65BrN8O6S2. The first-order valence-electron chi connectivity index (χ1n) is 23.1. The summed E-state index contributed by atoms with van der Waals surface area (Å²) in [6.45, 7) is 15.5. The number of ketones is 2. The van der Waals surface area contributed by atoms with E-state index in [4.69, 9.17) is 19.9 Å². The number of thiazole rings is 1. The highest BCUT2D eigenvalue weighted by molar-refractivity contribution is 9.09. The number of piperidine rings is 2. The fraction of sp³-hybridized carbons (Fsp3) is 0.404. The van der Waals surface area contributed by atoms with Crippen LogP contribution in [0.25, 0.3) is 0 Å². The van der Waals surface area contributed by atoms with Gasteiger partial charge in [-0.05, 0) is 145 Å². The first kappa shape index (κ1) is 54.1. The molecule has 2 aliphatic rings. The number of methoxy groups -OCH3 is 2. The standard InChI is InChI=1S/C24H29N5O2S.C19H27N3O2S.C9H9BrO2/c1-3-26-17-11-13-29(14-12-17)19-9-7-18(8-10-19)27-24-28-23(25)22(32-24)21(30)16-5-4-6-20(15-16)31-2;1-5-22(18(23)24-19(2,3)4)17-10-12-21(13-11-17)16-8-6-15(7-9-16)20-14-25;1-12-8-4-2-3-7(5-8)9(11)6-10/h4-10,15,17,26H,3,11-14,25H2,1-2H3,(H,27,28);6-9,17H,5,10-13H2,1-4H3;2-5H,6H2,1H3. The number of hydrogen-bond acceptors (Lipinski definition) is 15. The predicted octanol–water partition coefficient (Wildman–Crippen LogP) is 11.2. The third kappa shape index (κ3) is 16.4. The first-order valence-corrected chi connectivity index (χ1v) is 25.5. The number of nitrogens with two attached hydrogens (primary N) is 1. The maximum absolute atomic E-state index is 12.9. The summed E-state index contributed by atoms with van der Waals surface area (Å²) >= 11 is 8.99. The number of aromatic nitrogens is 1. The molecule has 0 aliphatic carbocycles. The Hall–Kier alpha value is -5.84. The number of ether oxygens (including phenoxy) is 3. The van der Waals surface area contributed by atoms with Gasteiger partial charge in [-0.3, -0.25) is 9.59 Å². The number of thiocarbonyl (C=S) groups is 1. The van der Waals surface area contributed by atoms with Crippen LogP contribution in [0.15, 0.2) is 102 Å². The second kappa shape index (κ2) is 26.8. The summed E-state index contributed by atoms with van der Waals surface area (Å²) in [7, 11) is 3.15. The molecule has 17 heteroatoms. The molecular weight excluding hydrogens is 977 g/mol. The second-order valence-electron chi connectivity index (χ2n) is 17.3. The molecule has 69 heavy (non-hydrogen) atoms. The van der Waals surface area contributed by atoms with E-state index < -0.39 is 5.60 Å². The van der Waals surface area contributed by atoms with Crippen LogP contribution in [0, 0.1) is 0 Å². The molecule has 4 N–H and O–H groups in total. The first-order chi connectivity index (χ1) is 33.2.